The molecule has 2 N–H and O–H groups in total. The normalized spacial score (nSPS) is 12.6. The zero-order valence-corrected chi connectivity index (χ0v) is 9.95. The van der Waals surface area contributed by atoms with Crippen molar-refractivity contribution in [2.45, 2.75) is 26.2 Å². The van der Waals surface area contributed by atoms with E-state index >= 15 is 0 Å². The van der Waals surface area contributed by atoms with Gasteiger partial charge >= 0.3 is 0 Å². The van der Waals surface area contributed by atoms with Crippen LogP contribution in [0.5, 0.6) is 11.5 Å². The Morgan fingerprint density at radius 2 is 1.62 bits per heavy atom. The summed E-state index contributed by atoms with van der Waals surface area (Å²) in [6, 6.07) is 7.70. The molecule has 0 aliphatic carbocycles. The van der Waals surface area contributed by atoms with Gasteiger partial charge in [-0.05, 0) is 25.1 Å². The second-order valence-corrected chi connectivity index (χ2v) is 3.64. The van der Waals surface area contributed by atoms with Crippen LogP contribution in [-0.4, -0.2) is 19.8 Å². The molecule has 2 rings (SSSR count). The number of benzene rings is 1. The Hall–Kier alpha value is -1.22. The van der Waals surface area contributed by atoms with E-state index in [0.717, 1.165) is 18.0 Å². The third kappa shape index (κ3) is 4.53. The summed E-state index contributed by atoms with van der Waals surface area (Å²) in [6.45, 7) is 4.36. The molecule has 0 saturated heterocycles. The SMILES string of the molecule is CCCCCN.c1ccc2c(c1)OCCO2. The van der Waals surface area contributed by atoms with E-state index in [-0.39, 0.29) is 0 Å². The largest absolute Gasteiger partial charge is 0.486 e. The lowest BCUT2D eigenvalue weighted by atomic mass is 10.3. The fourth-order valence-corrected chi connectivity index (χ4v) is 1.39. The fraction of sp³-hybridized carbons (Fsp3) is 0.538. The predicted molar refractivity (Wildman–Crippen MR) is 66.0 cm³/mol. The van der Waals surface area contributed by atoms with E-state index in [1.165, 1.54) is 19.3 Å². The molecule has 0 atom stereocenters. The number of rotatable bonds is 3. The van der Waals surface area contributed by atoms with Crippen molar-refractivity contribution in [1.29, 1.82) is 0 Å². The van der Waals surface area contributed by atoms with Gasteiger partial charge in [0.1, 0.15) is 13.2 Å². The molecular weight excluding hydrogens is 202 g/mol. The van der Waals surface area contributed by atoms with Crippen molar-refractivity contribution < 1.29 is 9.47 Å². The van der Waals surface area contributed by atoms with Crippen LogP contribution in [0.3, 0.4) is 0 Å². The maximum Gasteiger partial charge on any atom is 0.161 e. The molecule has 0 amide bonds. The molecule has 0 radical (unpaired) electrons. The van der Waals surface area contributed by atoms with Crippen LogP contribution in [0.15, 0.2) is 24.3 Å². The first-order valence-corrected chi connectivity index (χ1v) is 5.93. The molecule has 16 heavy (non-hydrogen) atoms. The lowest BCUT2D eigenvalue weighted by Gasteiger charge is -2.17. The Bertz CT molecular complexity index is 260. The topological polar surface area (TPSA) is 44.5 Å². The summed E-state index contributed by atoms with van der Waals surface area (Å²) in [4.78, 5) is 0. The first kappa shape index (κ1) is 12.8. The molecule has 3 heteroatoms. The molecule has 0 bridgehead atoms. The van der Waals surface area contributed by atoms with E-state index in [1.54, 1.807) is 0 Å². The molecule has 90 valence electrons. The summed E-state index contributed by atoms with van der Waals surface area (Å²) in [5, 5.41) is 0. The van der Waals surface area contributed by atoms with E-state index in [4.69, 9.17) is 15.2 Å². The molecule has 1 aromatic carbocycles. The van der Waals surface area contributed by atoms with Crippen molar-refractivity contribution in [3.8, 4) is 11.5 Å². The molecule has 0 fully saturated rings. The highest BCUT2D eigenvalue weighted by molar-refractivity contribution is 5.40. The zero-order valence-electron chi connectivity index (χ0n) is 9.95. The summed E-state index contributed by atoms with van der Waals surface area (Å²) < 4.78 is 10.6. The molecule has 3 nitrogen and oxygen atoms in total. The monoisotopic (exact) mass is 223 g/mol. The highest BCUT2D eigenvalue weighted by Gasteiger charge is 2.07. The second-order valence-electron chi connectivity index (χ2n) is 3.64. The summed E-state index contributed by atoms with van der Waals surface area (Å²) in [7, 11) is 0. The van der Waals surface area contributed by atoms with Crippen LogP contribution in [0.4, 0.5) is 0 Å². The van der Waals surface area contributed by atoms with Crippen molar-refractivity contribution in [2.24, 2.45) is 5.73 Å². The second kappa shape index (κ2) is 7.99. The summed E-state index contributed by atoms with van der Waals surface area (Å²) in [5.74, 6) is 1.71. The first-order chi connectivity index (χ1) is 7.88. The van der Waals surface area contributed by atoms with Gasteiger partial charge < -0.3 is 15.2 Å². The van der Waals surface area contributed by atoms with Crippen molar-refractivity contribution >= 4 is 0 Å². The van der Waals surface area contributed by atoms with Gasteiger partial charge in [-0.1, -0.05) is 31.9 Å². The third-order valence-corrected chi connectivity index (χ3v) is 2.26. The van der Waals surface area contributed by atoms with Crippen LogP contribution < -0.4 is 15.2 Å². The molecule has 0 spiro atoms. The average Bonchev–Trinajstić information content (AvgIpc) is 2.37. The minimum absolute atomic E-state index is 0.664. The van der Waals surface area contributed by atoms with E-state index in [9.17, 15) is 0 Å². The van der Waals surface area contributed by atoms with Crippen molar-refractivity contribution in [1.82, 2.24) is 0 Å². The van der Waals surface area contributed by atoms with Crippen LogP contribution in [0.25, 0.3) is 0 Å². The molecule has 1 heterocycles. The lowest BCUT2D eigenvalue weighted by molar-refractivity contribution is 0.171. The van der Waals surface area contributed by atoms with Gasteiger partial charge in [-0.3, -0.25) is 0 Å². The molecule has 1 aromatic rings. The van der Waals surface area contributed by atoms with Crippen LogP contribution in [0.2, 0.25) is 0 Å². The molecule has 0 saturated carbocycles. The van der Waals surface area contributed by atoms with Gasteiger partial charge in [0.05, 0.1) is 0 Å². The predicted octanol–water partition coefficient (Wildman–Crippen LogP) is 2.59. The number of para-hydroxylation sites is 2. The molecular formula is C13H21NO2. The van der Waals surface area contributed by atoms with Crippen molar-refractivity contribution in [3.63, 3.8) is 0 Å². The molecule has 1 aliphatic rings. The van der Waals surface area contributed by atoms with Gasteiger partial charge in [-0.25, -0.2) is 0 Å². The minimum atomic E-state index is 0.664. The van der Waals surface area contributed by atoms with Gasteiger partial charge in [0.15, 0.2) is 11.5 Å². The quantitative estimate of drug-likeness (QED) is 0.801. The summed E-state index contributed by atoms with van der Waals surface area (Å²) in [5.41, 5.74) is 5.21. The number of fused-ring (bicyclic) bond motifs is 1. The van der Waals surface area contributed by atoms with Crippen LogP contribution in [0, 0.1) is 0 Å². The van der Waals surface area contributed by atoms with E-state index in [2.05, 4.69) is 6.92 Å². The Labute approximate surface area is 97.6 Å². The third-order valence-electron chi connectivity index (χ3n) is 2.26. The van der Waals surface area contributed by atoms with Crippen molar-refractivity contribution in [3.05, 3.63) is 24.3 Å². The molecule has 0 unspecified atom stereocenters. The van der Waals surface area contributed by atoms with E-state index < -0.39 is 0 Å². The highest BCUT2D eigenvalue weighted by Crippen LogP contribution is 2.28. The van der Waals surface area contributed by atoms with E-state index in [0.29, 0.717) is 13.2 Å². The molecule has 1 aliphatic heterocycles. The zero-order chi connectivity index (χ0) is 11.6. The maximum atomic E-state index is 5.30. The number of unbranched alkanes of at least 4 members (excludes halogenated alkanes) is 2. The van der Waals surface area contributed by atoms with Gasteiger partial charge in [0.25, 0.3) is 0 Å². The first-order valence-electron chi connectivity index (χ1n) is 5.93. The van der Waals surface area contributed by atoms with E-state index in [1.807, 2.05) is 24.3 Å². The van der Waals surface area contributed by atoms with Crippen LogP contribution in [-0.2, 0) is 0 Å². The lowest BCUT2D eigenvalue weighted by Crippen LogP contribution is -2.14. The Balaban J connectivity index is 0.000000187. The molecule has 0 aromatic heterocycles. The fourth-order valence-electron chi connectivity index (χ4n) is 1.39. The van der Waals surface area contributed by atoms with Crippen LogP contribution >= 0.6 is 0 Å². The number of ether oxygens (including phenoxy) is 2. The highest BCUT2D eigenvalue weighted by atomic mass is 16.6. The van der Waals surface area contributed by atoms with Crippen LogP contribution in [0.1, 0.15) is 26.2 Å². The number of nitrogens with two attached hydrogens (primary N) is 1. The summed E-state index contributed by atoms with van der Waals surface area (Å²) in [6.07, 6.45) is 3.75. The maximum absolute atomic E-state index is 5.30. The summed E-state index contributed by atoms with van der Waals surface area (Å²) >= 11 is 0. The number of hydrogen-bond acceptors (Lipinski definition) is 3. The Morgan fingerprint density at radius 3 is 2.00 bits per heavy atom. The van der Waals surface area contributed by atoms with Gasteiger partial charge in [-0.2, -0.15) is 0 Å². The number of hydrogen-bond donors (Lipinski definition) is 1. The standard InChI is InChI=1S/C8H8O2.C5H13N/c1-2-4-8-7(3-1)9-5-6-10-8;1-2-3-4-5-6/h1-4H,5-6H2;2-6H2,1H3. The Morgan fingerprint density at radius 1 is 1.06 bits per heavy atom. The Kier molecular flexibility index (Phi) is 6.42. The van der Waals surface area contributed by atoms with Gasteiger partial charge in [-0.15, -0.1) is 0 Å². The van der Waals surface area contributed by atoms with Gasteiger partial charge in [0.2, 0.25) is 0 Å². The smallest absolute Gasteiger partial charge is 0.161 e. The average molecular weight is 223 g/mol. The van der Waals surface area contributed by atoms with Gasteiger partial charge in [0, 0.05) is 0 Å². The van der Waals surface area contributed by atoms with Crippen molar-refractivity contribution in [2.75, 3.05) is 19.8 Å². The minimum Gasteiger partial charge on any atom is -0.486 e.